The maximum absolute atomic E-state index is 12.6. The average Bonchev–Trinajstić information content (AvgIpc) is 3.16. The number of benzene rings is 1. The van der Waals surface area contributed by atoms with Crippen molar-refractivity contribution in [2.24, 2.45) is 4.99 Å². The molecule has 0 bridgehead atoms. The highest BCUT2D eigenvalue weighted by Crippen LogP contribution is 2.37. The van der Waals surface area contributed by atoms with E-state index in [2.05, 4.69) is 20.6 Å². The minimum absolute atomic E-state index is 0.0885. The summed E-state index contributed by atoms with van der Waals surface area (Å²) in [5.74, 6) is 0.967. The number of phenolic OH excluding ortho intramolecular Hbond substituents is 1. The first kappa shape index (κ1) is 22.6. The molecule has 0 fully saturated rings. The Morgan fingerprint density at radius 2 is 1.86 bits per heavy atom. The fourth-order valence-electron chi connectivity index (χ4n) is 2.39. The summed E-state index contributed by atoms with van der Waals surface area (Å²) in [7, 11) is 2.88. The van der Waals surface area contributed by atoms with Gasteiger partial charge in [0, 0.05) is 24.9 Å². The third-order valence-electron chi connectivity index (χ3n) is 3.78. The van der Waals surface area contributed by atoms with Gasteiger partial charge in [0.1, 0.15) is 0 Å². The molecular weight excluding hydrogens is 409 g/mol. The van der Waals surface area contributed by atoms with Crippen molar-refractivity contribution >= 4 is 17.3 Å². The minimum atomic E-state index is -4.43. The number of thiazole rings is 1. The fourth-order valence-corrected chi connectivity index (χ4v) is 3.20. The number of methoxy groups -OCH3 is 2. The molecule has 0 aliphatic heterocycles. The van der Waals surface area contributed by atoms with Crippen LogP contribution < -0.4 is 20.1 Å². The molecule has 0 atom stereocenters. The number of nitrogens with one attached hydrogen (secondary N) is 2. The molecule has 160 valence electrons. The molecule has 11 heteroatoms. The second-order valence-electron chi connectivity index (χ2n) is 5.85. The topological polar surface area (TPSA) is 88.0 Å². The van der Waals surface area contributed by atoms with E-state index in [4.69, 9.17) is 9.47 Å². The normalized spacial score (nSPS) is 12.0. The first-order chi connectivity index (χ1) is 13.8. The summed E-state index contributed by atoms with van der Waals surface area (Å²) < 4.78 is 48.1. The van der Waals surface area contributed by atoms with E-state index in [0.29, 0.717) is 30.5 Å². The number of aromatic nitrogens is 1. The lowest BCUT2D eigenvalue weighted by Crippen LogP contribution is -2.38. The second kappa shape index (κ2) is 10.2. The van der Waals surface area contributed by atoms with Crippen LogP contribution in [0.2, 0.25) is 0 Å². The molecule has 2 rings (SSSR count). The number of aromatic hydroxyl groups is 1. The Morgan fingerprint density at radius 3 is 2.38 bits per heavy atom. The van der Waals surface area contributed by atoms with Crippen LogP contribution in [0.4, 0.5) is 13.2 Å². The third kappa shape index (κ3) is 6.41. The smallest absolute Gasteiger partial charge is 0.434 e. The van der Waals surface area contributed by atoms with Crippen LogP contribution in [0.15, 0.2) is 22.5 Å². The Morgan fingerprint density at radius 1 is 1.21 bits per heavy atom. The molecule has 1 aromatic carbocycles. The summed E-state index contributed by atoms with van der Waals surface area (Å²) in [5.41, 5.74) is -0.114. The van der Waals surface area contributed by atoms with Crippen LogP contribution in [-0.4, -0.2) is 43.4 Å². The first-order valence-corrected chi connectivity index (χ1v) is 9.64. The van der Waals surface area contributed by atoms with Gasteiger partial charge in [0.25, 0.3) is 0 Å². The van der Waals surface area contributed by atoms with Gasteiger partial charge in [0.15, 0.2) is 23.2 Å². The predicted molar refractivity (Wildman–Crippen MR) is 105 cm³/mol. The van der Waals surface area contributed by atoms with Crippen LogP contribution in [0.25, 0.3) is 0 Å². The Hall–Kier alpha value is -2.69. The van der Waals surface area contributed by atoms with Crippen molar-refractivity contribution in [3.63, 3.8) is 0 Å². The fraction of sp³-hybridized carbons (Fsp3) is 0.444. The van der Waals surface area contributed by atoms with Crippen molar-refractivity contribution in [2.45, 2.75) is 26.1 Å². The van der Waals surface area contributed by atoms with Crippen molar-refractivity contribution in [2.75, 3.05) is 27.3 Å². The van der Waals surface area contributed by atoms with Gasteiger partial charge in [-0.1, -0.05) is 0 Å². The van der Waals surface area contributed by atoms with E-state index in [0.717, 1.165) is 22.3 Å². The highest BCUT2D eigenvalue weighted by atomic mass is 32.1. The lowest BCUT2D eigenvalue weighted by Gasteiger charge is -2.12. The van der Waals surface area contributed by atoms with E-state index in [-0.39, 0.29) is 23.8 Å². The first-order valence-electron chi connectivity index (χ1n) is 8.76. The highest BCUT2D eigenvalue weighted by molar-refractivity contribution is 7.09. The van der Waals surface area contributed by atoms with Gasteiger partial charge in [-0.15, -0.1) is 11.3 Å². The Labute approximate surface area is 170 Å². The monoisotopic (exact) mass is 432 g/mol. The number of nitrogens with zero attached hydrogens (tertiary/aromatic N) is 2. The standard InChI is InChI=1S/C18H23F3N4O3S/c1-4-22-17(23-6-5-15-25-14(10-29-15)18(19,20)21)24-9-11-7-12(27-2)16(26)13(8-11)28-3/h7-8,10,26H,4-6,9H2,1-3H3,(H2,22,23,24). The molecule has 3 N–H and O–H groups in total. The van der Waals surface area contributed by atoms with Crippen LogP contribution in [0.1, 0.15) is 23.2 Å². The van der Waals surface area contributed by atoms with Gasteiger partial charge in [-0.25, -0.2) is 9.98 Å². The van der Waals surface area contributed by atoms with Crippen LogP contribution in [0.5, 0.6) is 17.2 Å². The molecule has 0 amide bonds. The van der Waals surface area contributed by atoms with E-state index in [1.165, 1.54) is 14.2 Å². The number of halogens is 3. The predicted octanol–water partition coefficient (Wildman–Crippen LogP) is 3.18. The third-order valence-corrected chi connectivity index (χ3v) is 4.69. The zero-order valence-corrected chi connectivity index (χ0v) is 17.1. The molecule has 2 aromatic rings. The van der Waals surface area contributed by atoms with Gasteiger partial charge >= 0.3 is 6.18 Å². The van der Waals surface area contributed by atoms with Crippen molar-refractivity contribution in [3.8, 4) is 17.2 Å². The van der Waals surface area contributed by atoms with Gasteiger partial charge in [-0.05, 0) is 24.6 Å². The largest absolute Gasteiger partial charge is 0.502 e. The summed E-state index contributed by atoms with van der Waals surface area (Å²) in [5, 5.41) is 17.5. The molecule has 0 saturated carbocycles. The number of rotatable bonds is 8. The van der Waals surface area contributed by atoms with E-state index in [9.17, 15) is 18.3 Å². The number of ether oxygens (including phenoxy) is 2. The van der Waals surface area contributed by atoms with Crippen molar-refractivity contribution in [1.82, 2.24) is 15.6 Å². The summed E-state index contributed by atoms with van der Waals surface area (Å²) in [6, 6.07) is 3.30. The molecule has 0 aliphatic rings. The number of aliphatic imine (C=N–C) groups is 1. The zero-order valence-electron chi connectivity index (χ0n) is 16.3. The number of phenols is 1. The van der Waals surface area contributed by atoms with E-state index >= 15 is 0 Å². The molecule has 0 radical (unpaired) electrons. The average molecular weight is 432 g/mol. The molecule has 0 spiro atoms. The molecule has 1 heterocycles. The van der Waals surface area contributed by atoms with E-state index < -0.39 is 11.9 Å². The number of hydrogen-bond donors (Lipinski definition) is 3. The van der Waals surface area contributed by atoms with Gasteiger partial charge in [-0.3, -0.25) is 0 Å². The SMILES string of the molecule is CCNC(=NCc1cc(OC)c(O)c(OC)c1)NCCc1nc(C(F)(F)F)cs1. The Balaban J connectivity index is 2.00. The molecule has 29 heavy (non-hydrogen) atoms. The lowest BCUT2D eigenvalue weighted by molar-refractivity contribution is -0.140. The summed E-state index contributed by atoms with van der Waals surface area (Å²) in [6.45, 7) is 3.17. The molecule has 7 nitrogen and oxygen atoms in total. The quantitative estimate of drug-likeness (QED) is 0.439. The minimum Gasteiger partial charge on any atom is -0.502 e. The number of hydrogen-bond acceptors (Lipinski definition) is 6. The molecule has 0 unspecified atom stereocenters. The van der Waals surface area contributed by atoms with E-state index in [1.807, 2.05) is 6.92 Å². The Bertz CT molecular complexity index is 815. The number of alkyl halides is 3. The second-order valence-corrected chi connectivity index (χ2v) is 6.79. The van der Waals surface area contributed by atoms with Crippen LogP contribution in [0, 0.1) is 0 Å². The summed E-state index contributed by atoms with van der Waals surface area (Å²) >= 11 is 0.978. The molecule has 0 aliphatic carbocycles. The van der Waals surface area contributed by atoms with Crippen molar-refractivity contribution in [3.05, 3.63) is 33.8 Å². The van der Waals surface area contributed by atoms with Gasteiger partial charge in [0.2, 0.25) is 5.75 Å². The van der Waals surface area contributed by atoms with Gasteiger partial charge in [0.05, 0.1) is 25.8 Å². The number of guanidine groups is 1. The maximum Gasteiger partial charge on any atom is 0.434 e. The zero-order chi connectivity index (χ0) is 21.4. The van der Waals surface area contributed by atoms with Gasteiger partial charge < -0.3 is 25.2 Å². The highest BCUT2D eigenvalue weighted by Gasteiger charge is 2.33. The molecule has 0 saturated heterocycles. The Kier molecular flexibility index (Phi) is 7.94. The molecular formula is C18H23F3N4O3S. The van der Waals surface area contributed by atoms with Crippen LogP contribution in [-0.2, 0) is 19.1 Å². The van der Waals surface area contributed by atoms with Crippen molar-refractivity contribution < 1.29 is 27.8 Å². The van der Waals surface area contributed by atoms with E-state index in [1.54, 1.807) is 12.1 Å². The van der Waals surface area contributed by atoms with Crippen LogP contribution >= 0.6 is 11.3 Å². The molecule has 1 aromatic heterocycles. The lowest BCUT2D eigenvalue weighted by atomic mass is 10.2. The van der Waals surface area contributed by atoms with Gasteiger partial charge in [-0.2, -0.15) is 13.2 Å². The summed E-state index contributed by atoms with van der Waals surface area (Å²) in [4.78, 5) is 8.05. The van der Waals surface area contributed by atoms with Crippen molar-refractivity contribution in [1.29, 1.82) is 0 Å². The summed E-state index contributed by atoms with van der Waals surface area (Å²) in [6.07, 6.45) is -4.09. The maximum atomic E-state index is 12.6. The van der Waals surface area contributed by atoms with Crippen LogP contribution in [0.3, 0.4) is 0 Å².